The van der Waals surface area contributed by atoms with Crippen LogP contribution in [0.25, 0.3) is 0 Å². The summed E-state index contributed by atoms with van der Waals surface area (Å²) in [5, 5.41) is 22.1. The molecule has 1 amide bonds. The number of piperidine rings is 1. The number of likely N-dealkylation sites (tertiary alicyclic amines) is 1. The summed E-state index contributed by atoms with van der Waals surface area (Å²) in [5.74, 6) is -0.463. The summed E-state index contributed by atoms with van der Waals surface area (Å²) in [6, 6.07) is 4.03. The Bertz CT molecular complexity index is 642. The highest BCUT2D eigenvalue weighted by Crippen LogP contribution is 2.34. The van der Waals surface area contributed by atoms with E-state index in [4.69, 9.17) is 0 Å². The zero-order valence-corrected chi connectivity index (χ0v) is 12.2. The van der Waals surface area contributed by atoms with E-state index in [9.17, 15) is 15.0 Å². The number of amides is 1. The fourth-order valence-corrected chi connectivity index (χ4v) is 3.47. The molecule has 6 heteroatoms. The second-order valence-corrected chi connectivity index (χ2v) is 6.01. The number of phenols is 2. The minimum atomic E-state index is -0.215. The molecule has 0 bridgehead atoms. The Hall–Kier alpha value is -2.08. The smallest absolute Gasteiger partial charge is 0.258 e. The molecule has 1 aromatic carbocycles. The van der Waals surface area contributed by atoms with Gasteiger partial charge < -0.3 is 15.1 Å². The number of carbonyl (C=O) groups excluding carboxylic acids is 1. The van der Waals surface area contributed by atoms with Gasteiger partial charge in [0.1, 0.15) is 16.5 Å². The van der Waals surface area contributed by atoms with Gasteiger partial charge in [-0.2, -0.15) is 0 Å². The van der Waals surface area contributed by atoms with E-state index >= 15 is 0 Å². The predicted octanol–water partition coefficient (Wildman–Crippen LogP) is 2.92. The van der Waals surface area contributed by atoms with Gasteiger partial charge in [0.05, 0.1) is 11.6 Å². The molecular formula is C15H16N2O3S. The van der Waals surface area contributed by atoms with Crippen LogP contribution in [0, 0.1) is 0 Å². The number of nitrogens with zero attached hydrogens (tertiary/aromatic N) is 2. The first-order valence-electron chi connectivity index (χ1n) is 6.89. The summed E-state index contributed by atoms with van der Waals surface area (Å²) < 4.78 is 0. The molecule has 0 spiro atoms. The van der Waals surface area contributed by atoms with E-state index in [-0.39, 0.29) is 29.0 Å². The van der Waals surface area contributed by atoms with Gasteiger partial charge in [-0.3, -0.25) is 4.79 Å². The summed E-state index contributed by atoms with van der Waals surface area (Å²) in [6.07, 6.45) is 4.65. The Morgan fingerprint density at radius 3 is 2.90 bits per heavy atom. The highest BCUT2D eigenvalue weighted by molar-refractivity contribution is 7.09. The molecular weight excluding hydrogens is 288 g/mol. The Labute approximate surface area is 126 Å². The highest BCUT2D eigenvalue weighted by atomic mass is 32.1. The number of thiazole rings is 1. The quantitative estimate of drug-likeness (QED) is 0.894. The number of hydrogen-bond donors (Lipinski definition) is 2. The average molecular weight is 304 g/mol. The van der Waals surface area contributed by atoms with Crippen LogP contribution in [0.1, 0.15) is 40.7 Å². The lowest BCUT2D eigenvalue weighted by Crippen LogP contribution is -2.38. The molecule has 1 fully saturated rings. The number of rotatable bonds is 2. The average Bonchev–Trinajstić information content (AvgIpc) is 3.01. The van der Waals surface area contributed by atoms with E-state index in [1.165, 1.54) is 18.2 Å². The first kappa shape index (κ1) is 13.9. The summed E-state index contributed by atoms with van der Waals surface area (Å²) in [4.78, 5) is 18.8. The number of carbonyl (C=O) groups is 1. The maximum Gasteiger partial charge on any atom is 0.258 e. The van der Waals surface area contributed by atoms with Gasteiger partial charge in [0.25, 0.3) is 5.91 Å². The third-order valence-corrected chi connectivity index (χ3v) is 4.59. The van der Waals surface area contributed by atoms with Crippen molar-refractivity contribution in [1.29, 1.82) is 0 Å². The van der Waals surface area contributed by atoms with Crippen LogP contribution in [0.5, 0.6) is 11.5 Å². The van der Waals surface area contributed by atoms with Gasteiger partial charge in [0, 0.05) is 24.2 Å². The summed E-state index contributed by atoms with van der Waals surface area (Å²) in [5.41, 5.74) is 0.219. The van der Waals surface area contributed by atoms with Crippen molar-refractivity contribution < 1.29 is 15.0 Å². The zero-order chi connectivity index (χ0) is 14.8. The van der Waals surface area contributed by atoms with Gasteiger partial charge >= 0.3 is 0 Å². The lowest BCUT2D eigenvalue weighted by molar-refractivity contribution is 0.0608. The van der Waals surface area contributed by atoms with Gasteiger partial charge in [0.15, 0.2) is 0 Å². The molecule has 1 unspecified atom stereocenters. The Kier molecular flexibility index (Phi) is 3.79. The molecule has 1 aliphatic heterocycles. The zero-order valence-electron chi connectivity index (χ0n) is 11.4. The fraction of sp³-hybridized carbons (Fsp3) is 0.333. The molecule has 2 heterocycles. The standard InChI is InChI=1S/C15H16N2O3S/c18-10-4-5-11(13(19)9-10)15(20)17-7-2-1-3-12(17)14-16-6-8-21-14/h4-6,8-9,12,18-19H,1-3,7H2. The van der Waals surface area contributed by atoms with E-state index in [0.29, 0.717) is 6.54 Å². The topological polar surface area (TPSA) is 73.7 Å². The fourth-order valence-electron chi connectivity index (χ4n) is 2.69. The lowest BCUT2D eigenvalue weighted by atomic mass is 10.0. The molecule has 1 atom stereocenters. The predicted molar refractivity (Wildman–Crippen MR) is 79.5 cm³/mol. The summed E-state index contributed by atoms with van der Waals surface area (Å²) in [6.45, 7) is 0.656. The van der Waals surface area contributed by atoms with Gasteiger partial charge in [-0.15, -0.1) is 11.3 Å². The SMILES string of the molecule is O=C(c1ccc(O)cc1O)N1CCCCC1c1nccs1. The van der Waals surface area contributed by atoms with Crippen molar-refractivity contribution in [1.82, 2.24) is 9.88 Å². The van der Waals surface area contributed by atoms with Crippen LogP contribution in [0.3, 0.4) is 0 Å². The van der Waals surface area contributed by atoms with E-state index in [0.717, 1.165) is 24.3 Å². The van der Waals surface area contributed by atoms with E-state index in [1.807, 2.05) is 5.38 Å². The number of phenolic OH excluding ortho intramolecular Hbond substituents is 2. The van der Waals surface area contributed by atoms with Crippen molar-refractivity contribution in [3.8, 4) is 11.5 Å². The second kappa shape index (κ2) is 5.73. The maximum absolute atomic E-state index is 12.7. The molecule has 3 rings (SSSR count). The van der Waals surface area contributed by atoms with Crippen LogP contribution in [-0.4, -0.2) is 32.5 Å². The number of aromatic hydroxyl groups is 2. The number of aromatic nitrogens is 1. The number of benzene rings is 1. The van der Waals surface area contributed by atoms with Gasteiger partial charge in [-0.05, 0) is 31.4 Å². The third-order valence-electron chi connectivity index (χ3n) is 3.71. The van der Waals surface area contributed by atoms with Crippen LogP contribution in [0.15, 0.2) is 29.8 Å². The molecule has 1 aliphatic rings. The first-order valence-corrected chi connectivity index (χ1v) is 7.77. The molecule has 0 radical (unpaired) electrons. The Morgan fingerprint density at radius 2 is 2.19 bits per heavy atom. The molecule has 0 saturated carbocycles. The van der Waals surface area contributed by atoms with Crippen LogP contribution >= 0.6 is 11.3 Å². The molecule has 1 aromatic heterocycles. The van der Waals surface area contributed by atoms with Crippen molar-refractivity contribution in [3.05, 3.63) is 40.3 Å². The van der Waals surface area contributed by atoms with Crippen molar-refractivity contribution in [2.75, 3.05) is 6.54 Å². The van der Waals surface area contributed by atoms with Crippen LogP contribution in [-0.2, 0) is 0 Å². The highest BCUT2D eigenvalue weighted by Gasteiger charge is 2.31. The van der Waals surface area contributed by atoms with Crippen LogP contribution in [0.4, 0.5) is 0 Å². The lowest BCUT2D eigenvalue weighted by Gasteiger charge is -2.34. The molecule has 2 N–H and O–H groups in total. The Balaban J connectivity index is 1.91. The van der Waals surface area contributed by atoms with Crippen molar-refractivity contribution in [2.45, 2.75) is 25.3 Å². The Morgan fingerprint density at radius 1 is 1.33 bits per heavy atom. The minimum Gasteiger partial charge on any atom is -0.508 e. The van der Waals surface area contributed by atoms with E-state index in [2.05, 4.69) is 4.98 Å². The van der Waals surface area contributed by atoms with Crippen LogP contribution in [0.2, 0.25) is 0 Å². The van der Waals surface area contributed by atoms with Gasteiger partial charge in [-0.1, -0.05) is 0 Å². The molecule has 21 heavy (non-hydrogen) atoms. The maximum atomic E-state index is 12.7. The molecule has 110 valence electrons. The molecule has 2 aromatic rings. The summed E-state index contributed by atoms with van der Waals surface area (Å²) >= 11 is 1.54. The van der Waals surface area contributed by atoms with Crippen molar-refractivity contribution >= 4 is 17.2 Å². The van der Waals surface area contributed by atoms with Crippen molar-refractivity contribution in [2.24, 2.45) is 0 Å². The molecule has 5 nitrogen and oxygen atoms in total. The summed E-state index contributed by atoms with van der Waals surface area (Å²) in [7, 11) is 0. The van der Waals surface area contributed by atoms with E-state index < -0.39 is 0 Å². The van der Waals surface area contributed by atoms with Gasteiger partial charge in [0.2, 0.25) is 0 Å². The monoisotopic (exact) mass is 304 g/mol. The first-order chi connectivity index (χ1) is 10.2. The normalized spacial score (nSPS) is 18.7. The largest absolute Gasteiger partial charge is 0.508 e. The van der Waals surface area contributed by atoms with Crippen molar-refractivity contribution in [3.63, 3.8) is 0 Å². The minimum absolute atomic E-state index is 0.0283. The van der Waals surface area contributed by atoms with Crippen LogP contribution < -0.4 is 0 Å². The third kappa shape index (κ3) is 2.71. The molecule has 0 aliphatic carbocycles. The number of hydrogen-bond acceptors (Lipinski definition) is 5. The second-order valence-electron chi connectivity index (χ2n) is 5.08. The molecule has 1 saturated heterocycles. The van der Waals surface area contributed by atoms with E-state index in [1.54, 1.807) is 22.4 Å². The van der Waals surface area contributed by atoms with Gasteiger partial charge in [-0.25, -0.2) is 4.98 Å².